The van der Waals surface area contributed by atoms with Gasteiger partial charge >= 0.3 is 0 Å². The average Bonchev–Trinajstić information content (AvgIpc) is 2.20. The van der Waals surface area contributed by atoms with Gasteiger partial charge in [0.25, 0.3) is 0 Å². The normalized spacial score (nSPS) is 21.7. The van der Waals surface area contributed by atoms with E-state index in [2.05, 4.69) is 0 Å². The zero-order chi connectivity index (χ0) is 9.57. The Morgan fingerprint density at radius 2 is 1.92 bits per heavy atom. The highest BCUT2D eigenvalue weighted by atomic mass is 16.5. The molecule has 1 aliphatic carbocycles. The van der Waals surface area contributed by atoms with E-state index in [9.17, 15) is 0 Å². The maximum Gasteiger partial charge on any atom is 0.0804 e. The van der Waals surface area contributed by atoms with E-state index in [-0.39, 0.29) is 12.2 Å². The van der Waals surface area contributed by atoms with Crippen molar-refractivity contribution in [3.05, 3.63) is 0 Å². The molecule has 1 aliphatic rings. The van der Waals surface area contributed by atoms with Crippen LogP contribution >= 0.6 is 0 Å². The maximum atomic E-state index is 8.64. The third-order valence-corrected chi connectivity index (χ3v) is 2.85. The lowest BCUT2D eigenvalue weighted by Gasteiger charge is -2.36. The molecule has 0 saturated heterocycles. The third-order valence-electron chi connectivity index (χ3n) is 2.85. The summed E-state index contributed by atoms with van der Waals surface area (Å²) in [4.78, 5) is 0. The largest absolute Gasteiger partial charge is 0.396 e. The molecule has 0 bridgehead atoms. The number of hydrogen-bond donors (Lipinski definition) is 2. The van der Waals surface area contributed by atoms with Crippen LogP contribution in [0.25, 0.3) is 0 Å². The summed E-state index contributed by atoms with van der Waals surface area (Å²) in [5.41, 5.74) is 5.67. The lowest BCUT2D eigenvalue weighted by Crippen LogP contribution is -2.42. The van der Waals surface area contributed by atoms with Crippen LogP contribution in [0.5, 0.6) is 0 Å². The van der Waals surface area contributed by atoms with Crippen LogP contribution in [-0.2, 0) is 4.74 Å². The Morgan fingerprint density at radius 3 is 2.46 bits per heavy atom. The van der Waals surface area contributed by atoms with Gasteiger partial charge in [-0.3, -0.25) is 0 Å². The fourth-order valence-electron chi connectivity index (χ4n) is 1.96. The van der Waals surface area contributed by atoms with Gasteiger partial charge in [0, 0.05) is 19.8 Å². The summed E-state index contributed by atoms with van der Waals surface area (Å²) in [6, 6.07) is 0. The highest BCUT2D eigenvalue weighted by Gasteiger charge is 2.30. The van der Waals surface area contributed by atoms with Gasteiger partial charge in [-0.15, -0.1) is 0 Å². The number of hydrogen-bond acceptors (Lipinski definition) is 3. The molecule has 3 heteroatoms. The van der Waals surface area contributed by atoms with Gasteiger partial charge in [-0.2, -0.15) is 0 Å². The maximum absolute atomic E-state index is 8.64. The minimum Gasteiger partial charge on any atom is -0.396 e. The Balaban J connectivity index is 2.29. The number of aliphatic hydroxyl groups is 1. The summed E-state index contributed by atoms with van der Waals surface area (Å²) >= 11 is 0. The van der Waals surface area contributed by atoms with Gasteiger partial charge in [0.1, 0.15) is 0 Å². The second-order valence-corrected chi connectivity index (χ2v) is 3.87. The molecule has 1 saturated carbocycles. The van der Waals surface area contributed by atoms with Crippen LogP contribution in [-0.4, -0.2) is 30.5 Å². The Bertz CT molecular complexity index is 133. The van der Waals surface area contributed by atoms with Crippen molar-refractivity contribution in [2.24, 2.45) is 5.73 Å². The molecular weight excluding hydrogens is 166 g/mol. The molecule has 3 nitrogen and oxygen atoms in total. The first-order valence-electron chi connectivity index (χ1n) is 5.28. The number of ether oxygens (including phenoxy) is 1. The molecule has 0 aliphatic heterocycles. The van der Waals surface area contributed by atoms with E-state index in [4.69, 9.17) is 15.6 Å². The first-order chi connectivity index (χ1) is 6.33. The summed E-state index contributed by atoms with van der Waals surface area (Å²) in [6.45, 7) is 1.48. The summed E-state index contributed by atoms with van der Waals surface area (Å²) in [7, 11) is 0. The molecule has 1 rings (SSSR count). The van der Waals surface area contributed by atoms with Gasteiger partial charge in [0.05, 0.1) is 5.60 Å². The smallest absolute Gasteiger partial charge is 0.0804 e. The lowest BCUT2D eigenvalue weighted by molar-refractivity contribution is -0.0665. The number of aliphatic hydroxyl groups excluding tert-OH is 1. The Kier molecular flexibility index (Phi) is 4.70. The fraction of sp³-hybridized carbons (Fsp3) is 1.00. The van der Waals surface area contributed by atoms with Gasteiger partial charge in [0.2, 0.25) is 0 Å². The molecular formula is C10H21NO2. The van der Waals surface area contributed by atoms with Crippen LogP contribution in [0.2, 0.25) is 0 Å². The molecule has 0 aromatic rings. The predicted octanol–water partition coefficient (Wildman–Crippen LogP) is 1.05. The molecule has 13 heavy (non-hydrogen) atoms. The zero-order valence-electron chi connectivity index (χ0n) is 8.30. The average molecular weight is 187 g/mol. The van der Waals surface area contributed by atoms with E-state index in [0.717, 1.165) is 19.3 Å². The van der Waals surface area contributed by atoms with Crippen molar-refractivity contribution in [3.8, 4) is 0 Å². The van der Waals surface area contributed by atoms with Gasteiger partial charge in [0.15, 0.2) is 0 Å². The highest BCUT2D eigenvalue weighted by molar-refractivity contribution is 4.85. The molecule has 0 unspecified atom stereocenters. The molecule has 3 N–H and O–H groups in total. The molecule has 0 heterocycles. The van der Waals surface area contributed by atoms with Crippen molar-refractivity contribution < 1.29 is 9.84 Å². The summed E-state index contributed by atoms with van der Waals surface area (Å²) in [6.07, 6.45) is 6.68. The minimum absolute atomic E-state index is 0.0621. The van der Waals surface area contributed by atoms with Crippen LogP contribution in [0, 0.1) is 0 Å². The van der Waals surface area contributed by atoms with E-state index in [1.165, 1.54) is 19.3 Å². The third kappa shape index (κ3) is 3.25. The fourth-order valence-corrected chi connectivity index (χ4v) is 1.96. The van der Waals surface area contributed by atoms with E-state index in [0.29, 0.717) is 13.2 Å². The molecule has 0 aromatic carbocycles. The molecule has 0 atom stereocenters. The van der Waals surface area contributed by atoms with Crippen molar-refractivity contribution >= 4 is 0 Å². The second-order valence-electron chi connectivity index (χ2n) is 3.87. The first kappa shape index (κ1) is 11.0. The lowest BCUT2D eigenvalue weighted by atomic mass is 9.85. The quantitative estimate of drug-likeness (QED) is 0.632. The second kappa shape index (κ2) is 5.58. The molecule has 0 radical (unpaired) electrons. The zero-order valence-corrected chi connectivity index (χ0v) is 8.30. The van der Waals surface area contributed by atoms with Gasteiger partial charge in [-0.25, -0.2) is 0 Å². The van der Waals surface area contributed by atoms with Gasteiger partial charge in [-0.05, 0) is 19.3 Å². The molecule has 78 valence electrons. The van der Waals surface area contributed by atoms with Crippen molar-refractivity contribution in [2.45, 2.75) is 44.1 Å². The summed E-state index contributed by atoms with van der Waals surface area (Å²) < 4.78 is 5.78. The van der Waals surface area contributed by atoms with Gasteiger partial charge < -0.3 is 15.6 Å². The van der Waals surface area contributed by atoms with Gasteiger partial charge in [-0.1, -0.05) is 19.3 Å². The van der Waals surface area contributed by atoms with E-state index in [1.807, 2.05) is 0 Å². The SMILES string of the molecule is NCC1(OCCCO)CCCCC1. The molecule has 0 amide bonds. The van der Waals surface area contributed by atoms with Crippen LogP contribution in [0.4, 0.5) is 0 Å². The first-order valence-corrected chi connectivity index (χ1v) is 5.28. The molecule has 0 spiro atoms. The van der Waals surface area contributed by atoms with Crippen molar-refractivity contribution in [1.29, 1.82) is 0 Å². The van der Waals surface area contributed by atoms with Crippen LogP contribution in [0.3, 0.4) is 0 Å². The number of nitrogens with two attached hydrogens (primary N) is 1. The Morgan fingerprint density at radius 1 is 1.23 bits per heavy atom. The van der Waals surface area contributed by atoms with Crippen LogP contribution in [0.1, 0.15) is 38.5 Å². The highest BCUT2D eigenvalue weighted by Crippen LogP contribution is 2.30. The number of rotatable bonds is 5. The van der Waals surface area contributed by atoms with E-state index < -0.39 is 0 Å². The van der Waals surface area contributed by atoms with E-state index in [1.54, 1.807) is 0 Å². The van der Waals surface area contributed by atoms with Crippen LogP contribution < -0.4 is 5.73 Å². The van der Waals surface area contributed by atoms with Crippen molar-refractivity contribution in [1.82, 2.24) is 0 Å². The molecule has 1 fully saturated rings. The topological polar surface area (TPSA) is 55.5 Å². The summed E-state index contributed by atoms with van der Waals surface area (Å²) in [5, 5.41) is 8.64. The van der Waals surface area contributed by atoms with Crippen LogP contribution in [0.15, 0.2) is 0 Å². The summed E-state index contributed by atoms with van der Waals surface area (Å²) in [5.74, 6) is 0. The predicted molar refractivity (Wildman–Crippen MR) is 52.5 cm³/mol. The Labute approximate surface area is 80.3 Å². The van der Waals surface area contributed by atoms with E-state index >= 15 is 0 Å². The Hall–Kier alpha value is -0.120. The monoisotopic (exact) mass is 187 g/mol. The standard InChI is InChI=1S/C10H21NO2/c11-9-10(13-8-4-7-12)5-2-1-3-6-10/h12H,1-9,11H2. The van der Waals surface area contributed by atoms with Crippen molar-refractivity contribution in [2.75, 3.05) is 19.8 Å². The van der Waals surface area contributed by atoms with Crippen molar-refractivity contribution in [3.63, 3.8) is 0 Å². The molecule has 0 aromatic heterocycles. The minimum atomic E-state index is -0.0621.